The van der Waals surface area contributed by atoms with Crippen LogP contribution in [0.5, 0.6) is 0 Å². The zero-order valence-corrected chi connectivity index (χ0v) is 7.51. The number of rotatable bonds is 1. The van der Waals surface area contributed by atoms with E-state index in [1.165, 1.54) is 17.6 Å². The first-order valence-electron chi connectivity index (χ1n) is 3.17. The molecule has 0 bridgehead atoms. The molecule has 0 aromatic carbocycles. The summed E-state index contributed by atoms with van der Waals surface area (Å²) in [4.78, 5) is 4.93. The summed E-state index contributed by atoms with van der Waals surface area (Å²) in [5.74, 6) is 5.02. The van der Waals surface area contributed by atoms with Crippen LogP contribution in [0, 0.1) is 0 Å². The van der Waals surface area contributed by atoms with E-state index in [9.17, 15) is 0 Å². The zero-order valence-electron chi connectivity index (χ0n) is 5.94. The lowest BCUT2D eigenvalue weighted by atomic mass is 10.5. The molecule has 2 aromatic heterocycles. The molecule has 0 atom stereocenters. The number of thiazole rings is 1. The van der Waals surface area contributed by atoms with Crippen molar-refractivity contribution in [3.8, 4) is 0 Å². The van der Waals surface area contributed by atoms with Gasteiger partial charge >= 0.3 is 0 Å². The molecular formula is C6H5ClN4S. The molecule has 6 heteroatoms. The van der Waals surface area contributed by atoms with Gasteiger partial charge in [0.25, 0.3) is 0 Å². The first-order valence-corrected chi connectivity index (χ1v) is 4.43. The Hall–Kier alpha value is -1.07. The minimum Gasteiger partial charge on any atom is -0.323 e. The average molecular weight is 201 g/mol. The topological polar surface area (TPSA) is 55.7 Å². The van der Waals surface area contributed by atoms with Crippen LogP contribution in [0.25, 0.3) is 4.96 Å². The van der Waals surface area contributed by atoms with E-state index in [1.54, 1.807) is 0 Å². The van der Waals surface area contributed by atoms with Crippen molar-refractivity contribution in [3.05, 3.63) is 22.4 Å². The largest absolute Gasteiger partial charge is 0.323 e. The molecule has 0 spiro atoms. The van der Waals surface area contributed by atoms with Gasteiger partial charge in [-0.25, -0.2) is 4.98 Å². The number of halogens is 1. The van der Waals surface area contributed by atoms with Crippen molar-refractivity contribution in [2.24, 2.45) is 10.9 Å². The van der Waals surface area contributed by atoms with Crippen LogP contribution in [0.15, 0.2) is 16.7 Å². The number of hydrogen-bond acceptors (Lipinski definition) is 4. The van der Waals surface area contributed by atoms with Gasteiger partial charge in [-0.05, 0) is 0 Å². The van der Waals surface area contributed by atoms with Crippen molar-refractivity contribution in [3.63, 3.8) is 0 Å². The maximum absolute atomic E-state index is 5.82. The molecule has 4 nitrogen and oxygen atoms in total. The Morgan fingerprint density at radius 1 is 1.75 bits per heavy atom. The number of hydrogen-bond donors (Lipinski definition) is 1. The van der Waals surface area contributed by atoms with E-state index in [4.69, 9.17) is 17.4 Å². The van der Waals surface area contributed by atoms with Crippen LogP contribution in [0.2, 0.25) is 5.15 Å². The highest BCUT2D eigenvalue weighted by atomic mass is 35.5. The first-order chi connectivity index (χ1) is 5.83. The lowest BCUT2D eigenvalue weighted by Crippen LogP contribution is -1.90. The Balaban J connectivity index is 2.75. The smallest absolute Gasteiger partial charge is 0.195 e. The molecule has 2 rings (SSSR count). The van der Waals surface area contributed by atoms with E-state index in [1.807, 2.05) is 16.0 Å². The Labute approximate surface area is 77.3 Å². The molecule has 0 saturated heterocycles. The van der Waals surface area contributed by atoms with Gasteiger partial charge in [-0.15, -0.1) is 11.3 Å². The monoisotopic (exact) mass is 200 g/mol. The normalized spacial score (nSPS) is 11.8. The Morgan fingerprint density at radius 3 is 3.33 bits per heavy atom. The molecule has 0 aliphatic heterocycles. The van der Waals surface area contributed by atoms with Crippen molar-refractivity contribution in [2.75, 3.05) is 0 Å². The summed E-state index contributed by atoms with van der Waals surface area (Å²) < 4.78 is 1.84. The van der Waals surface area contributed by atoms with Gasteiger partial charge in [0, 0.05) is 11.6 Å². The summed E-state index contributed by atoms with van der Waals surface area (Å²) >= 11 is 7.33. The quantitative estimate of drug-likeness (QED) is 0.429. The van der Waals surface area contributed by atoms with Gasteiger partial charge in [-0.3, -0.25) is 4.40 Å². The highest BCUT2D eigenvalue weighted by molar-refractivity contribution is 7.15. The van der Waals surface area contributed by atoms with Gasteiger partial charge in [0.2, 0.25) is 0 Å². The van der Waals surface area contributed by atoms with Crippen molar-refractivity contribution in [2.45, 2.75) is 0 Å². The van der Waals surface area contributed by atoms with Crippen LogP contribution in [-0.2, 0) is 0 Å². The first kappa shape index (κ1) is 7.57. The maximum Gasteiger partial charge on any atom is 0.195 e. The molecular weight excluding hydrogens is 196 g/mol. The lowest BCUT2D eigenvalue weighted by molar-refractivity contribution is 1.19. The average Bonchev–Trinajstić information content (AvgIpc) is 2.56. The highest BCUT2D eigenvalue weighted by Crippen LogP contribution is 2.19. The van der Waals surface area contributed by atoms with Crippen LogP contribution in [0.3, 0.4) is 0 Å². The molecule has 2 aromatic rings. The lowest BCUT2D eigenvalue weighted by Gasteiger charge is -1.87. The zero-order chi connectivity index (χ0) is 8.55. The van der Waals surface area contributed by atoms with Gasteiger partial charge < -0.3 is 5.84 Å². The molecule has 2 heterocycles. The third-order valence-corrected chi connectivity index (χ3v) is 2.49. The summed E-state index contributed by atoms with van der Waals surface area (Å²) in [6, 6.07) is 0. The molecule has 62 valence electrons. The maximum atomic E-state index is 5.82. The standard InChI is InChI=1S/C6H5ClN4S/c7-5-4(3-9-8)11-1-2-12-6(11)10-5/h1-3H,8H2/b9-3+. The number of hydrazone groups is 1. The third-order valence-electron chi connectivity index (χ3n) is 1.45. The number of imidazole rings is 1. The fourth-order valence-electron chi connectivity index (χ4n) is 0.963. The molecule has 12 heavy (non-hydrogen) atoms. The fourth-order valence-corrected chi connectivity index (χ4v) is 1.95. The predicted octanol–water partition coefficient (Wildman–Crippen LogP) is 1.34. The SMILES string of the molecule is N/N=C/c1c(Cl)nc2sccn12. The van der Waals surface area contributed by atoms with Gasteiger partial charge in [-0.1, -0.05) is 11.6 Å². The Kier molecular flexibility index (Phi) is 1.74. The summed E-state index contributed by atoms with van der Waals surface area (Å²) in [5.41, 5.74) is 0.718. The second-order valence-electron chi connectivity index (χ2n) is 2.12. The fraction of sp³-hybridized carbons (Fsp3) is 0. The second kappa shape index (κ2) is 2.76. The Morgan fingerprint density at radius 2 is 2.58 bits per heavy atom. The van der Waals surface area contributed by atoms with E-state index in [-0.39, 0.29) is 0 Å². The number of nitrogens with zero attached hydrogens (tertiary/aromatic N) is 3. The van der Waals surface area contributed by atoms with E-state index < -0.39 is 0 Å². The minimum absolute atomic E-state index is 0.427. The van der Waals surface area contributed by atoms with Gasteiger partial charge in [0.1, 0.15) is 5.69 Å². The molecule has 2 N–H and O–H groups in total. The van der Waals surface area contributed by atoms with E-state index in [0.29, 0.717) is 5.15 Å². The number of nitrogens with two attached hydrogens (primary N) is 1. The summed E-state index contributed by atoms with van der Waals surface area (Å²) in [6.07, 6.45) is 3.35. The molecule has 0 aliphatic carbocycles. The van der Waals surface area contributed by atoms with Gasteiger partial charge in [0.15, 0.2) is 10.1 Å². The molecule has 0 aliphatic rings. The van der Waals surface area contributed by atoms with Gasteiger partial charge in [-0.2, -0.15) is 5.10 Å². The van der Waals surface area contributed by atoms with Crippen LogP contribution >= 0.6 is 22.9 Å². The number of aromatic nitrogens is 2. The second-order valence-corrected chi connectivity index (χ2v) is 3.35. The third kappa shape index (κ3) is 0.981. The summed E-state index contributed by atoms with van der Waals surface area (Å²) in [7, 11) is 0. The van der Waals surface area contributed by atoms with Crippen LogP contribution in [0.4, 0.5) is 0 Å². The van der Waals surface area contributed by atoms with Crippen LogP contribution in [0.1, 0.15) is 5.69 Å². The van der Waals surface area contributed by atoms with Crippen LogP contribution in [-0.4, -0.2) is 15.6 Å². The molecule has 0 radical (unpaired) electrons. The predicted molar refractivity (Wildman–Crippen MR) is 49.9 cm³/mol. The van der Waals surface area contributed by atoms with E-state index in [0.717, 1.165) is 10.7 Å². The molecule has 0 amide bonds. The molecule has 0 saturated carbocycles. The van der Waals surface area contributed by atoms with Crippen molar-refractivity contribution < 1.29 is 0 Å². The van der Waals surface area contributed by atoms with E-state index in [2.05, 4.69) is 10.1 Å². The minimum atomic E-state index is 0.427. The Bertz CT molecular complexity index is 430. The summed E-state index contributed by atoms with van der Waals surface area (Å²) in [5, 5.41) is 5.75. The van der Waals surface area contributed by atoms with Crippen molar-refractivity contribution in [1.82, 2.24) is 9.38 Å². The molecule has 0 fully saturated rings. The summed E-state index contributed by atoms with van der Waals surface area (Å²) in [6.45, 7) is 0. The van der Waals surface area contributed by atoms with Crippen LogP contribution < -0.4 is 5.84 Å². The molecule has 0 unspecified atom stereocenters. The highest BCUT2D eigenvalue weighted by Gasteiger charge is 2.07. The van der Waals surface area contributed by atoms with Crippen molar-refractivity contribution >= 4 is 34.1 Å². The van der Waals surface area contributed by atoms with E-state index >= 15 is 0 Å². The number of fused-ring (bicyclic) bond motifs is 1. The van der Waals surface area contributed by atoms with Crippen molar-refractivity contribution in [1.29, 1.82) is 0 Å². The van der Waals surface area contributed by atoms with Gasteiger partial charge in [0.05, 0.1) is 6.21 Å².